The number of hydrogen-bond acceptors (Lipinski definition) is 5. The van der Waals surface area contributed by atoms with Crippen molar-refractivity contribution in [3.05, 3.63) is 89.6 Å². The third kappa shape index (κ3) is 4.75. The summed E-state index contributed by atoms with van der Waals surface area (Å²) < 4.78 is 5.32. The van der Waals surface area contributed by atoms with E-state index in [0.717, 1.165) is 11.1 Å². The Bertz CT molecular complexity index is 1250. The molecule has 0 fully saturated rings. The molecule has 0 aliphatic heterocycles. The van der Waals surface area contributed by atoms with Crippen LogP contribution in [0.1, 0.15) is 21.5 Å². The number of esters is 1. The van der Waals surface area contributed by atoms with Crippen molar-refractivity contribution >= 4 is 28.5 Å². The molecule has 31 heavy (non-hydrogen) atoms. The van der Waals surface area contributed by atoms with Gasteiger partial charge in [-0.15, -0.1) is 0 Å². The molecule has 1 amide bonds. The van der Waals surface area contributed by atoms with Gasteiger partial charge in [0.2, 0.25) is 0 Å². The van der Waals surface area contributed by atoms with Crippen LogP contribution in [-0.4, -0.2) is 28.5 Å². The van der Waals surface area contributed by atoms with Crippen molar-refractivity contribution in [2.75, 3.05) is 11.9 Å². The highest BCUT2D eigenvalue weighted by Gasteiger charge is 2.17. The van der Waals surface area contributed by atoms with E-state index in [0.29, 0.717) is 33.5 Å². The monoisotopic (exact) mass is 411 g/mol. The summed E-state index contributed by atoms with van der Waals surface area (Å²) in [5.41, 5.74) is 4.95. The largest absolute Gasteiger partial charge is 0.452 e. The number of rotatable bonds is 5. The first-order valence-corrected chi connectivity index (χ1v) is 9.86. The summed E-state index contributed by atoms with van der Waals surface area (Å²) in [6.45, 7) is 3.52. The summed E-state index contributed by atoms with van der Waals surface area (Å²) in [4.78, 5) is 34.1. The second-order valence-electron chi connectivity index (χ2n) is 7.29. The average molecular weight is 411 g/mol. The Labute approximate surface area is 179 Å². The van der Waals surface area contributed by atoms with Crippen LogP contribution in [0.4, 0.5) is 5.69 Å². The minimum atomic E-state index is -0.591. The Morgan fingerprint density at radius 1 is 0.903 bits per heavy atom. The summed E-state index contributed by atoms with van der Waals surface area (Å²) in [6, 6.07) is 20.2. The van der Waals surface area contributed by atoms with Gasteiger partial charge in [0.25, 0.3) is 5.91 Å². The quantitative estimate of drug-likeness (QED) is 0.481. The summed E-state index contributed by atoms with van der Waals surface area (Å²) in [6.07, 6.45) is 1.67. The second-order valence-corrected chi connectivity index (χ2v) is 7.29. The fourth-order valence-corrected chi connectivity index (χ4v) is 3.44. The van der Waals surface area contributed by atoms with E-state index < -0.39 is 11.9 Å². The number of pyridine rings is 2. The van der Waals surface area contributed by atoms with Gasteiger partial charge in [-0.05, 0) is 61.4 Å². The van der Waals surface area contributed by atoms with Gasteiger partial charge in [0.15, 0.2) is 6.61 Å². The van der Waals surface area contributed by atoms with Crippen LogP contribution in [-0.2, 0) is 9.53 Å². The van der Waals surface area contributed by atoms with E-state index in [9.17, 15) is 9.59 Å². The molecule has 0 unspecified atom stereocenters. The number of aromatic nitrogens is 2. The van der Waals surface area contributed by atoms with Gasteiger partial charge in [-0.3, -0.25) is 9.78 Å². The van der Waals surface area contributed by atoms with Crippen molar-refractivity contribution in [2.45, 2.75) is 13.8 Å². The lowest BCUT2D eigenvalue weighted by atomic mass is 10.1. The van der Waals surface area contributed by atoms with Crippen molar-refractivity contribution in [2.24, 2.45) is 0 Å². The van der Waals surface area contributed by atoms with Crippen LogP contribution in [0.3, 0.4) is 0 Å². The molecule has 0 atom stereocenters. The van der Waals surface area contributed by atoms with E-state index in [1.165, 1.54) is 0 Å². The molecule has 154 valence electrons. The number of carbonyl (C=O) groups is 2. The number of para-hydroxylation sites is 1. The highest BCUT2D eigenvalue weighted by Crippen LogP contribution is 2.24. The number of carbonyl (C=O) groups excluding carboxylic acids is 2. The van der Waals surface area contributed by atoms with Crippen molar-refractivity contribution < 1.29 is 14.3 Å². The molecule has 1 N–H and O–H groups in total. The summed E-state index contributed by atoms with van der Waals surface area (Å²) in [5, 5.41) is 3.42. The van der Waals surface area contributed by atoms with Crippen LogP contribution in [0.2, 0.25) is 0 Å². The Morgan fingerprint density at radius 3 is 2.39 bits per heavy atom. The van der Waals surface area contributed by atoms with E-state index in [1.54, 1.807) is 18.3 Å². The zero-order valence-corrected chi connectivity index (χ0v) is 17.3. The SMILES string of the molecule is Cc1cc(C)cc(NC(=O)COC(=O)c2cc(-c3ccccn3)nc3ccccc23)c1. The first-order chi connectivity index (χ1) is 15.0. The molecule has 0 saturated heterocycles. The normalized spacial score (nSPS) is 10.6. The highest BCUT2D eigenvalue weighted by molar-refractivity contribution is 6.05. The summed E-state index contributed by atoms with van der Waals surface area (Å²) in [7, 11) is 0. The number of nitrogens with zero attached hydrogens (tertiary/aromatic N) is 2. The topological polar surface area (TPSA) is 81.2 Å². The number of benzene rings is 2. The van der Waals surface area contributed by atoms with Gasteiger partial charge in [-0.1, -0.05) is 30.3 Å². The Hall–Kier alpha value is -4.06. The van der Waals surface area contributed by atoms with Crippen molar-refractivity contribution in [1.82, 2.24) is 9.97 Å². The fourth-order valence-electron chi connectivity index (χ4n) is 3.44. The zero-order chi connectivity index (χ0) is 21.8. The second kappa shape index (κ2) is 8.75. The maximum atomic E-state index is 12.9. The third-order valence-corrected chi connectivity index (χ3v) is 4.70. The summed E-state index contributed by atoms with van der Waals surface area (Å²) in [5.74, 6) is -0.993. The molecule has 4 rings (SSSR count). The van der Waals surface area contributed by atoms with Gasteiger partial charge >= 0.3 is 5.97 Å². The first kappa shape index (κ1) is 20.2. The van der Waals surface area contributed by atoms with Crippen LogP contribution in [0, 0.1) is 13.8 Å². The minimum absolute atomic E-state index is 0.338. The molecule has 0 radical (unpaired) electrons. The number of fused-ring (bicyclic) bond motifs is 1. The molecule has 0 saturated carbocycles. The number of ether oxygens (including phenoxy) is 1. The molecule has 2 aromatic carbocycles. The van der Waals surface area contributed by atoms with Crippen molar-refractivity contribution in [3.63, 3.8) is 0 Å². The highest BCUT2D eigenvalue weighted by atomic mass is 16.5. The summed E-state index contributed by atoms with van der Waals surface area (Å²) >= 11 is 0. The van der Waals surface area contributed by atoms with Crippen LogP contribution in [0.5, 0.6) is 0 Å². The number of aryl methyl sites for hydroxylation is 2. The predicted octanol–water partition coefficient (Wildman–Crippen LogP) is 4.71. The van der Waals surface area contributed by atoms with Crippen LogP contribution in [0.15, 0.2) is 72.9 Å². The molecule has 6 heteroatoms. The molecule has 2 aromatic heterocycles. The van der Waals surface area contributed by atoms with E-state index in [2.05, 4.69) is 15.3 Å². The van der Waals surface area contributed by atoms with Crippen LogP contribution < -0.4 is 5.32 Å². The van der Waals surface area contributed by atoms with Gasteiger partial charge in [-0.25, -0.2) is 9.78 Å². The van der Waals surface area contributed by atoms with Crippen LogP contribution >= 0.6 is 0 Å². The number of anilines is 1. The molecule has 6 nitrogen and oxygen atoms in total. The van der Waals surface area contributed by atoms with Gasteiger partial charge in [0, 0.05) is 17.3 Å². The van der Waals surface area contributed by atoms with E-state index in [4.69, 9.17) is 4.74 Å². The lowest BCUT2D eigenvalue weighted by molar-refractivity contribution is -0.119. The lowest BCUT2D eigenvalue weighted by Gasteiger charge is -2.11. The third-order valence-electron chi connectivity index (χ3n) is 4.70. The maximum absolute atomic E-state index is 12.9. The Balaban J connectivity index is 1.55. The standard InChI is InChI=1S/C25H21N3O3/c1-16-11-17(2)13-18(12-16)27-24(29)15-31-25(30)20-14-23(22-9-5-6-10-26-22)28-21-8-4-3-7-19(20)21/h3-14H,15H2,1-2H3,(H,27,29). The molecule has 2 heterocycles. The fraction of sp³-hybridized carbons (Fsp3) is 0.120. The first-order valence-electron chi connectivity index (χ1n) is 9.86. The molecule has 0 spiro atoms. The molecule has 0 aliphatic carbocycles. The van der Waals surface area contributed by atoms with Gasteiger partial charge in [0.1, 0.15) is 0 Å². The lowest BCUT2D eigenvalue weighted by Crippen LogP contribution is -2.21. The molecule has 4 aromatic rings. The number of nitrogens with one attached hydrogen (secondary N) is 1. The minimum Gasteiger partial charge on any atom is -0.452 e. The van der Waals surface area contributed by atoms with Gasteiger partial charge < -0.3 is 10.1 Å². The smallest absolute Gasteiger partial charge is 0.339 e. The van der Waals surface area contributed by atoms with Gasteiger partial charge in [0.05, 0.1) is 22.5 Å². The van der Waals surface area contributed by atoms with E-state index >= 15 is 0 Å². The van der Waals surface area contributed by atoms with Gasteiger partial charge in [-0.2, -0.15) is 0 Å². The molecule has 0 bridgehead atoms. The average Bonchev–Trinajstić information content (AvgIpc) is 2.76. The Kier molecular flexibility index (Phi) is 5.71. The zero-order valence-electron chi connectivity index (χ0n) is 17.3. The number of amides is 1. The molecular weight excluding hydrogens is 390 g/mol. The number of hydrogen-bond donors (Lipinski definition) is 1. The van der Waals surface area contributed by atoms with Crippen molar-refractivity contribution in [3.8, 4) is 11.4 Å². The molecular formula is C25H21N3O3. The maximum Gasteiger partial charge on any atom is 0.339 e. The molecule has 0 aliphatic rings. The Morgan fingerprint density at radius 2 is 1.65 bits per heavy atom. The van der Waals surface area contributed by atoms with Crippen molar-refractivity contribution in [1.29, 1.82) is 0 Å². The van der Waals surface area contributed by atoms with E-state index in [-0.39, 0.29) is 6.61 Å². The van der Waals surface area contributed by atoms with Crippen LogP contribution in [0.25, 0.3) is 22.3 Å². The van der Waals surface area contributed by atoms with E-state index in [1.807, 2.05) is 68.4 Å². The predicted molar refractivity (Wildman–Crippen MR) is 120 cm³/mol.